The Bertz CT molecular complexity index is 713. The van der Waals surface area contributed by atoms with Crippen LogP contribution in [0.25, 0.3) is 0 Å². The molecule has 0 atom stereocenters. The van der Waals surface area contributed by atoms with Crippen LogP contribution < -0.4 is 10.6 Å². The van der Waals surface area contributed by atoms with E-state index in [1.54, 1.807) is 13.3 Å². The Morgan fingerprint density at radius 2 is 1.83 bits per heavy atom. The predicted octanol–water partition coefficient (Wildman–Crippen LogP) is 4.16. The lowest BCUT2D eigenvalue weighted by Gasteiger charge is -2.26. The first kappa shape index (κ1) is 24.7. The Labute approximate surface area is 197 Å². The van der Waals surface area contributed by atoms with Crippen molar-refractivity contribution in [2.45, 2.75) is 45.4 Å². The van der Waals surface area contributed by atoms with Crippen LogP contribution in [-0.2, 0) is 24.4 Å². The first-order valence-corrected chi connectivity index (χ1v) is 10.7. The van der Waals surface area contributed by atoms with Crippen molar-refractivity contribution in [3.63, 3.8) is 0 Å². The minimum absolute atomic E-state index is 0. The molecular weight excluding hydrogens is 491 g/mol. The molecule has 1 fully saturated rings. The molecule has 0 bridgehead atoms. The minimum Gasteiger partial charge on any atom is -0.467 e. The highest BCUT2D eigenvalue weighted by Crippen LogP contribution is 2.13. The molecule has 1 aromatic heterocycles. The number of likely N-dealkylation sites (tertiary alicyclic amines) is 1. The van der Waals surface area contributed by atoms with Crippen LogP contribution in [0.5, 0.6) is 0 Å². The zero-order chi connectivity index (χ0) is 20.2. The Morgan fingerprint density at radius 3 is 2.53 bits per heavy atom. The van der Waals surface area contributed by atoms with Crippen molar-refractivity contribution in [1.29, 1.82) is 0 Å². The van der Waals surface area contributed by atoms with Gasteiger partial charge in [0, 0.05) is 33.3 Å². The molecule has 2 aromatic rings. The monoisotopic (exact) mass is 526 g/mol. The number of hydrogen-bond donors (Lipinski definition) is 2. The normalized spacial score (nSPS) is 14.9. The largest absolute Gasteiger partial charge is 0.467 e. The average Bonchev–Trinajstić information content (AvgIpc) is 3.28. The molecular formula is C23H35IN4O2. The summed E-state index contributed by atoms with van der Waals surface area (Å²) in [6.07, 6.45) is 6.63. The van der Waals surface area contributed by atoms with Gasteiger partial charge in [-0.3, -0.25) is 9.89 Å². The van der Waals surface area contributed by atoms with E-state index in [4.69, 9.17) is 9.15 Å². The number of guanidine groups is 1. The van der Waals surface area contributed by atoms with Gasteiger partial charge in [-0.25, -0.2) is 0 Å². The van der Waals surface area contributed by atoms with Crippen LogP contribution in [0.15, 0.2) is 52.1 Å². The Kier molecular flexibility index (Phi) is 11.9. The molecule has 0 aliphatic carbocycles. The molecule has 6 nitrogen and oxygen atoms in total. The lowest BCUT2D eigenvalue weighted by molar-refractivity contribution is 0.105. The van der Waals surface area contributed by atoms with E-state index < -0.39 is 0 Å². The molecule has 1 aromatic carbocycles. The highest BCUT2D eigenvalue weighted by molar-refractivity contribution is 14.0. The standard InChI is InChI=1S/C23H34N4O2.HI/c1-24-23(25-12-6-15-28-19-22-7-5-16-29-22)26-17-20-8-10-21(11-9-20)18-27-13-3-2-4-14-27;/h5,7-11,16H,2-4,6,12-15,17-19H2,1H3,(H2,24,25,26);1H. The maximum absolute atomic E-state index is 5.59. The van der Waals surface area contributed by atoms with Gasteiger partial charge in [0.1, 0.15) is 12.4 Å². The van der Waals surface area contributed by atoms with Crippen molar-refractivity contribution in [3.8, 4) is 0 Å². The number of halogens is 1. The van der Waals surface area contributed by atoms with E-state index in [9.17, 15) is 0 Å². The van der Waals surface area contributed by atoms with Gasteiger partial charge in [-0.1, -0.05) is 30.7 Å². The van der Waals surface area contributed by atoms with Gasteiger partial charge in [0.05, 0.1) is 6.26 Å². The molecule has 7 heteroatoms. The van der Waals surface area contributed by atoms with Gasteiger partial charge in [0.25, 0.3) is 0 Å². The van der Waals surface area contributed by atoms with Crippen molar-refractivity contribution in [2.24, 2.45) is 4.99 Å². The van der Waals surface area contributed by atoms with Crippen LogP contribution in [0.4, 0.5) is 0 Å². The number of nitrogens with zero attached hydrogens (tertiary/aromatic N) is 2. The van der Waals surface area contributed by atoms with E-state index in [1.165, 1.54) is 43.5 Å². The number of furan rings is 1. The molecule has 2 heterocycles. The second-order valence-electron chi connectivity index (χ2n) is 7.49. The highest BCUT2D eigenvalue weighted by Gasteiger charge is 2.10. The van der Waals surface area contributed by atoms with Crippen LogP contribution in [0, 0.1) is 0 Å². The third kappa shape index (κ3) is 9.06. The Morgan fingerprint density at radius 1 is 1.07 bits per heavy atom. The summed E-state index contributed by atoms with van der Waals surface area (Å²) in [5, 5.41) is 6.70. The molecule has 2 N–H and O–H groups in total. The van der Waals surface area contributed by atoms with Crippen LogP contribution in [0.2, 0.25) is 0 Å². The lowest BCUT2D eigenvalue weighted by atomic mass is 10.1. The number of aliphatic imine (C=N–C) groups is 1. The first-order valence-electron chi connectivity index (χ1n) is 10.7. The number of benzene rings is 1. The third-order valence-corrected chi connectivity index (χ3v) is 5.14. The fourth-order valence-corrected chi connectivity index (χ4v) is 3.49. The summed E-state index contributed by atoms with van der Waals surface area (Å²) in [6.45, 7) is 6.32. The molecule has 0 saturated carbocycles. The maximum atomic E-state index is 5.59. The number of rotatable bonds is 10. The van der Waals surface area contributed by atoms with E-state index in [0.29, 0.717) is 13.2 Å². The summed E-state index contributed by atoms with van der Waals surface area (Å²) < 4.78 is 10.8. The SMILES string of the molecule is CN=C(NCCCOCc1ccco1)NCc1ccc(CN2CCCCC2)cc1.I. The summed E-state index contributed by atoms with van der Waals surface area (Å²) in [7, 11) is 1.80. The van der Waals surface area contributed by atoms with Crippen molar-refractivity contribution < 1.29 is 9.15 Å². The summed E-state index contributed by atoms with van der Waals surface area (Å²) in [5.41, 5.74) is 2.66. The van der Waals surface area contributed by atoms with Gasteiger partial charge in [0.2, 0.25) is 0 Å². The van der Waals surface area contributed by atoms with Gasteiger partial charge in [-0.05, 0) is 55.6 Å². The summed E-state index contributed by atoms with van der Waals surface area (Å²) in [4.78, 5) is 6.84. The van der Waals surface area contributed by atoms with E-state index in [0.717, 1.165) is 37.8 Å². The fraction of sp³-hybridized carbons (Fsp3) is 0.522. The van der Waals surface area contributed by atoms with Crippen molar-refractivity contribution in [3.05, 3.63) is 59.5 Å². The van der Waals surface area contributed by atoms with E-state index in [-0.39, 0.29) is 24.0 Å². The molecule has 30 heavy (non-hydrogen) atoms. The van der Waals surface area contributed by atoms with E-state index in [2.05, 4.69) is 44.8 Å². The highest BCUT2D eigenvalue weighted by atomic mass is 127. The van der Waals surface area contributed by atoms with Gasteiger partial charge >= 0.3 is 0 Å². The van der Waals surface area contributed by atoms with Crippen LogP contribution in [0.3, 0.4) is 0 Å². The number of piperidine rings is 1. The van der Waals surface area contributed by atoms with Crippen LogP contribution in [-0.4, -0.2) is 44.1 Å². The predicted molar refractivity (Wildman–Crippen MR) is 132 cm³/mol. The smallest absolute Gasteiger partial charge is 0.191 e. The number of ether oxygens (including phenoxy) is 1. The molecule has 0 unspecified atom stereocenters. The van der Waals surface area contributed by atoms with Gasteiger partial charge < -0.3 is 19.8 Å². The summed E-state index contributed by atoms with van der Waals surface area (Å²) >= 11 is 0. The van der Waals surface area contributed by atoms with Gasteiger partial charge in [0.15, 0.2) is 5.96 Å². The number of hydrogen-bond acceptors (Lipinski definition) is 4. The number of nitrogens with one attached hydrogen (secondary N) is 2. The van der Waals surface area contributed by atoms with Crippen molar-refractivity contribution in [1.82, 2.24) is 15.5 Å². The quantitative estimate of drug-likeness (QED) is 0.211. The topological polar surface area (TPSA) is 62.0 Å². The third-order valence-electron chi connectivity index (χ3n) is 5.14. The molecule has 1 saturated heterocycles. The molecule has 0 radical (unpaired) electrons. The Balaban J connectivity index is 0.00000320. The minimum atomic E-state index is 0. The lowest BCUT2D eigenvalue weighted by Crippen LogP contribution is -2.37. The molecule has 3 rings (SSSR count). The van der Waals surface area contributed by atoms with Gasteiger partial charge in [-0.15, -0.1) is 24.0 Å². The van der Waals surface area contributed by atoms with Crippen LogP contribution in [0.1, 0.15) is 42.6 Å². The zero-order valence-electron chi connectivity index (χ0n) is 17.9. The Hall–Kier alpha value is -1.58. The molecule has 166 valence electrons. The second kappa shape index (κ2) is 14.4. The molecule has 0 amide bonds. The zero-order valence-corrected chi connectivity index (χ0v) is 20.3. The molecule has 0 spiro atoms. The average molecular weight is 526 g/mol. The van der Waals surface area contributed by atoms with Crippen molar-refractivity contribution >= 4 is 29.9 Å². The second-order valence-corrected chi connectivity index (χ2v) is 7.49. The van der Waals surface area contributed by atoms with Crippen LogP contribution >= 0.6 is 24.0 Å². The molecule has 1 aliphatic rings. The van der Waals surface area contributed by atoms with E-state index >= 15 is 0 Å². The fourth-order valence-electron chi connectivity index (χ4n) is 3.49. The van der Waals surface area contributed by atoms with E-state index in [1.807, 2.05) is 12.1 Å². The first-order chi connectivity index (χ1) is 14.3. The molecule has 1 aliphatic heterocycles. The van der Waals surface area contributed by atoms with Gasteiger partial charge in [-0.2, -0.15) is 0 Å². The summed E-state index contributed by atoms with van der Waals surface area (Å²) in [5.74, 6) is 1.67. The summed E-state index contributed by atoms with van der Waals surface area (Å²) in [6, 6.07) is 12.7. The van der Waals surface area contributed by atoms with Crippen molar-refractivity contribution in [2.75, 3.05) is 33.3 Å². The maximum Gasteiger partial charge on any atom is 0.191 e.